The zero-order valence-corrected chi connectivity index (χ0v) is 12.3. The Morgan fingerprint density at radius 1 is 1.30 bits per heavy atom. The fourth-order valence-corrected chi connectivity index (χ4v) is 2.36. The van der Waals surface area contributed by atoms with Gasteiger partial charge in [0.15, 0.2) is 0 Å². The summed E-state index contributed by atoms with van der Waals surface area (Å²) in [4.78, 5) is 9.81. The molecule has 1 aromatic carbocycles. The van der Waals surface area contributed by atoms with Crippen molar-refractivity contribution < 1.29 is 18.4 Å². The molecule has 2 N–H and O–H groups in total. The molecule has 0 aliphatic carbocycles. The molecule has 0 amide bonds. The van der Waals surface area contributed by atoms with Crippen LogP contribution in [0.2, 0.25) is 0 Å². The third-order valence-electron chi connectivity index (χ3n) is 2.82. The Morgan fingerprint density at radius 2 is 1.80 bits per heavy atom. The number of benzene rings is 1. The number of nitro groups is 1. The SMILES string of the molecule is CC(C)(C)[C@H](O)CNS(=O)(=O)c1ccc([N+](=O)[O-])cc1. The smallest absolute Gasteiger partial charge is 0.269 e. The van der Waals surface area contributed by atoms with Crippen LogP contribution < -0.4 is 4.72 Å². The highest BCUT2D eigenvalue weighted by molar-refractivity contribution is 7.89. The van der Waals surface area contributed by atoms with E-state index >= 15 is 0 Å². The number of aliphatic hydroxyl groups is 1. The van der Waals surface area contributed by atoms with E-state index in [9.17, 15) is 23.6 Å². The molecule has 112 valence electrons. The van der Waals surface area contributed by atoms with Crippen LogP contribution in [0, 0.1) is 15.5 Å². The fraction of sp³-hybridized carbons (Fsp3) is 0.500. The van der Waals surface area contributed by atoms with Crippen molar-refractivity contribution in [2.24, 2.45) is 5.41 Å². The second-order valence-electron chi connectivity index (χ2n) is 5.48. The first-order valence-electron chi connectivity index (χ1n) is 5.96. The number of hydrogen-bond donors (Lipinski definition) is 2. The average molecular weight is 302 g/mol. The quantitative estimate of drug-likeness (QED) is 0.629. The molecule has 0 bridgehead atoms. The van der Waals surface area contributed by atoms with Gasteiger partial charge in [-0.1, -0.05) is 20.8 Å². The lowest BCUT2D eigenvalue weighted by Crippen LogP contribution is -2.39. The molecule has 0 aromatic heterocycles. The maximum absolute atomic E-state index is 12.0. The molecule has 0 heterocycles. The Hall–Kier alpha value is -1.51. The van der Waals surface area contributed by atoms with Gasteiger partial charge in [-0.05, 0) is 17.5 Å². The molecule has 7 nitrogen and oxygen atoms in total. The van der Waals surface area contributed by atoms with Gasteiger partial charge in [0.05, 0.1) is 15.9 Å². The second kappa shape index (κ2) is 5.86. The van der Waals surface area contributed by atoms with Crippen LogP contribution in [-0.4, -0.2) is 31.1 Å². The van der Waals surface area contributed by atoms with Gasteiger partial charge in [-0.3, -0.25) is 10.1 Å². The van der Waals surface area contributed by atoms with Gasteiger partial charge in [-0.15, -0.1) is 0 Å². The van der Waals surface area contributed by atoms with E-state index in [1.807, 2.05) is 0 Å². The minimum atomic E-state index is -3.79. The molecular formula is C12H18N2O5S. The highest BCUT2D eigenvalue weighted by Gasteiger charge is 2.24. The number of sulfonamides is 1. The van der Waals surface area contributed by atoms with Crippen LogP contribution in [0.1, 0.15) is 20.8 Å². The standard InChI is InChI=1S/C12H18N2O5S/c1-12(2,3)11(15)8-13-20(18,19)10-6-4-9(5-7-10)14(16)17/h4-7,11,13,15H,8H2,1-3H3/t11-/m1/s1. The molecule has 0 radical (unpaired) electrons. The van der Waals surface area contributed by atoms with Gasteiger partial charge in [0, 0.05) is 18.7 Å². The third kappa shape index (κ3) is 4.26. The summed E-state index contributed by atoms with van der Waals surface area (Å²) < 4.78 is 26.2. The maximum atomic E-state index is 12.0. The normalized spacial score (nSPS) is 14.0. The number of nitro benzene ring substituents is 1. The Balaban J connectivity index is 2.82. The van der Waals surface area contributed by atoms with E-state index in [1.165, 1.54) is 0 Å². The Morgan fingerprint density at radius 3 is 2.20 bits per heavy atom. The molecule has 0 unspecified atom stereocenters. The minimum absolute atomic E-state index is 0.0794. The van der Waals surface area contributed by atoms with Gasteiger partial charge in [0.25, 0.3) is 5.69 Å². The van der Waals surface area contributed by atoms with Crippen molar-refractivity contribution in [3.05, 3.63) is 34.4 Å². The molecular weight excluding hydrogens is 284 g/mol. The summed E-state index contributed by atoms with van der Waals surface area (Å²) in [6.07, 6.45) is -0.838. The highest BCUT2D eigenvalue weighted by Crippen LogP contribution is 2.19. The summed E-state index contributed by atoms with van der Waals surface area (Å²) in [5.41, 5.74) is -0.628. The number of hydrogen-bond acceptors (Lipinski definition) is 5. The zero-order chi connectivity index (χ0) is 15.6. The van der Waals surface area contributed by atoms with Crippen LogP contribution in [-0.2, 0) is 10.0 Å². The molecule has 1 rings (SSSR count). The van der Waals surface area contributed by atoms with Gasteiger partial charge in [-0.25, -0.2) is 13.1 Å². The van der Waals surface area contributed by atoms with Crippen LogP contribution >= 0.6 is 0 Å². The predicted octanol–water partition coefficient (Wildman–Crippen LogP) is 1.28. The van der Waals surface area contributed by atoms with E-state index < -0.39 is 26.5 Å². The van der Waals surface area contributed by atoms with Crippen molar-refractivity contribution in [1.82, 2.24) is 4.72 Å². The molecule has 0 saturated heterocycles. The van der Waals surface area contributed by atoms with E-state index in [0.29, 0.717) is 0 Å². The third-order valence-corrected chi connectivity index (χ3v) is 4.26. The van der Waals surface area contributed by atoms with Crippen molar-refractivity contribution in [2.45, 2.75) is 31.8 Å². The highest BCUT2D eigenvalue weighted by atomic mass is 32.2. The number of nitrogens with one attached hydrogen (secondary N) is 1. The van der Waals surface area contributed by atoms with Gasteiger partial charge < -0.3 is 5.11 Å². The van der Waals surface area contributed by atoms with Crippen molar-refractivity contribution in [2.75, 3.05) is 6.54 Å². The molecule has 0 saturated carbocycles. The van der Waals surface area contributed by atoms with Gasteiger partial charge in [0.1, 0.15) is 0 Å². The summed E-state index contributed by atoms with van der Waals surface area (Å²) in [6.45, 7) is 5.25. The zero-order valence-electron chi connectivity index (χ0n) is 11.5. The molecule has 20 heavy (non-hydrogen) atoms. The van der Waals surface area contributed by atoms with E-state index in [0.717, 1.165) is 24.3 Å². The summed E-state index contributed by atoms with van der Waals surface area (Å²) in [5.74, 6) is 0. The molecule has 0 spiro atoms. The Bertz CT molecular complexity index is 575. The Kier molecular flexibility index (Phi) is 4.85. The lowest BCUT2D eigenvalue weighted by atomic mass is 9.89. The molecule has 8 heteroatoms. The summed E-state index contributed by atoms with van der Waals surface area (Å²) >= 11 is 0. The van der Waals surface area contributed by atoms with Crippen molar-refractivity contribution in [3.63, 3.8) is 0 Å². The topological polar surface area (TPSA) is 110 Å². The first kappa shape index (κ1) is 16.5. The van der Waals surface area contributed by atoms with Gasteiger partial charge in [0.2, 0.25) is 10.0 Å². The van der Waals surface area contributed by atoms with Gasteiger partial charge >= 0.3 is 0 Å². The monoisotopic (exact) mass is 302 g/mol. The van der Waals surface area contributed by atoms with E-state index in [-0.39, 0.29) is 17.1 Å². The fourth-order valence-electron chi connectivity index (χ4n) is 1.33. The number of non-ortho nitro benzene ring substituents is 1. The van der Waals surface area contributed by atoms with Crippen molar-refractivity contribution >= 4 is 15.7 Å². The molecule has 0 aliphatic heterocycles. The molecule has 0 fully saturated rings. The predicted molar refractivity (Wildman–Crippen MR) is 73.7 cm³/mol. The van der Waals surface area contributed by atoms with Crippen molar-refractivity contribution in [1.29, 1.82) is 0 Å². The van der Waals surface area contributed by atoms with Crippen LogP contribution in [0.3, 0.4) is 0 Å². The molecule has 0 aliphatic rings. The van der Waals surface area contributed by atoms with E-state index in [2.05, 4.69) is 4.72 Å². The van der Waals surface area contributed by atoms with Crippen molar-refractivity contribution in [3.8, 4) is 0 Å². The van der Waals surface area contributed by atoms with Crippen LogP contribution in [0.4, 0.5) is 5.69 Å². The average Bonchev–Trinajstić information content (AvgIpc) is 2.35. The van der Waals surface area contributed by atoms with Crippen LogP contribution in [0.5, 0.6) is 0 Å². The van der Waals surface area contributed by atoms with Crippen LogP contribution in [0.25, 0.3) is 0 Å². The summed E-state index contributed by atoms with van der Waals surface area (Å²) in [6, 6.07) is 4.55. The second-order valence-corrected chi connectivity index (χ2v) is 7.25. The summed E-state index contributed by atoms with van der Waals surface area (Å²) in [7, 11) is -3.79. The lowest BCUT2D eigenvalue weighted by molar-refractivity contribution is -0.384. The lowest BCUT2D eigenvalue weighted by Gasteiger charge is -2.25. The Labute approximate surface area is 117 Å². The number of rotatable bonds is 5. The number of nitrogens with zero attached hydrogens (tertiary/aromatic N) is 1. The maximum Gasteiger partial charge on any atom is 0.269 e. The largest absolute Gasteiger partial charge is 0.391 e. The molecule has 1 aromatic rings. The first-order chi connectivity index (χ1) is 9.04. The van der Waals surface area contributed by atoms with E-state index in [4.69, 9.17) is 0 Å². The molecule has 1 atom stereocenters. The van der Waals surface area contributed by atoms with E-state index in [1.54, 1.807) is 20.8 Å². The summed E-state index contributed by atoms with van der Waals surface area (Å²) in [5, 5.41) is 20.3. The number of aliphatic hydroxyl groups excluding tert-OH is 1. The van der Waals surface area contributed by atoms with Crippen LogP contribution in [0.15, 0.2) is 29.2 Å². The first-order valence-corrected chi connectivity index (χ1v) is 7.44. The minimum Gasteiger partial charge on any atom is -0.391 e. The van der Waals surface area contributed by atoms with Gasteiger partial charge in [-0.2, -0.15) is 0 Å².